The molecular weight excluding hydrogens is 293 g/mol. The third kappa shape index (κ3) is 4.55. The van der Waals surface area contributed by atoms with Gasteiger partial charge in [0.15, 0.2) is 0 Å². The number of rotatable bonds is 6. The molecule has 0 spiro atoms. The fourth-order valence-electron chi connectivity index (χ4n) is 2.29. The molecule has 2 rings (SSSR count). The lowest BCUT2D eigenvalue weighted by molar-refractivity contribution is -0.115. The van der Waals surface area contributed by atoms with Gasteiger partial charge in [-0.2, -0.15) is 0 Å². The molecule has 122 valence electrons. The molecule has 0 bridgehead atoms. The number of benzene rings is 2. The van der Waals surface area contributed by atoms with Crippen molar-refractivity contribution in [2.45, 2.75) is 40.2 Å². The van der Waals surface area contributed by atoms with E-state index in [1.807, 2.05) is 19.1 Å². The Bertz CT molecular complexity index is 698. The van der Waals surface area contributed by atoms with Crippen LogP contribution in [0.25, 0.3) is 0 Å². The summed E-state index contributed by atoms with van der Waals surface area (Å²) in [5.41, 5.74) is 3.49. The van der Waals surface area contributed by atoms with Crippen LogP contribution in [-0.4, -0.2) is 5.91 Å². The number of aryl methyl sites for hydroxylation is 2. The Labute approximate surface area is 136 Å². The predicted molar refractivity (Wildman–Crippen MR) is 90.2 cm³/mol. The molecule has 0 saturated heterocycles. The molecule has 1 amide bonds. The highest BCUT2D eigenvalue weighted by Crippen LogP contribution is 2.23. The van der Waals surface area contributed by atoms with Gasteiger partial charge in [0.2, 0.25) is 5.91 Å². The Morgan fingerprint density at radius 1 is 1.17 bits per heavy atom. The van der Waals surface area contributed by atoms with Crippen LogP contribution in [0.4, 0.5) is 10.1 Å². The van der Waals surface area contributed by atoms with Crippen molar-refractivity contribution in [2.24, 2.45) is 0 Å². The summed E-state index contributed by atoms with van der Waals surface area (Å²) in [5, 5.41) is 2.77. The van der Waals surface area contributed by atoms with E-state index in [0.717, 1.165) is 17.7 Å². The Balaban J connectivity index is 2.16. The molecule has 0 aliphatic heterocycles. The van der Waals surface area contributed by atoms with Crippen molar-refractivity contribution in [3.8, 4) is 5.75 Å². The number of nitrogens with one attached hydrogen (secondary N) is 1. The highest BCUT2D eigenvalue weighted by atomic mass is 19.1. The number of halogens is 1. The maximum atomic E-state index is 13.5. The summed E-state index contributed by atoms with van der Waals surface area (Å²) < 4.78 is 19.3. The molecule has 0 aliphatic rings. The van der Waals surface area contributed by atoms with Crippen LogP contribution in [0.5, 0.6) is 5.75 Å². The molecule has 4 heteroatoms. The van der Waals surface area contributed by atoms with E-state index in [9.17, 15) is 9.18 Å². The number of carbonyl (C=O) groups excluding carboxylic acids is 1. The number of amides is 1. The fraction of sp³-hybridized carbons (Fsp3) is 0.316. The summed E-state index contributed by atoms with van der Waals surface area (Å²) in [6.45, 7) is 6.06. The van der Waals surface area contributed by atoms with Crippen molar-refractivity contribution in [3.63, 3.8) is 0 Å². The summed E-state index contributed by atoms with van der Waals surface area (Å²) in [6.07, 6.45) is 1.34. The Morgan fingerprint density at radius 2 is 1.96 bits per heavy atom. The minimum absolute atomic E-state index is 0.110. The topological polar surface area (TPSA) is 38.3 Å². The maximum absolute atomic E-state index is 13.5. The summed E-state index contributed by atoms with van der Waals surface area (Å²) in [6, 6.07) is 10.3. The number of hydrogen-bond donors (Lipinski definition) is 1. The lowest BCUT2D eigenvalue weighted by Crippen LogP contribution is -2.12. The van der Waals surface area contributed by atoms with E-state index in [2.05, 4.69) is 18.3 Å². The van der Waals surface area contributed by atoms with Gasteiger partial charge in [0, 0.05) is 17.7 Å². The number of ether oxygens (including phenoxy) is 1. The first kappa shape index (κ1) is 17.0. The highest BCUT2D eigenvalue weighted by molar-refractivity contribution is 5.91. The van der Waals surface area contributed by atoms with Crippen molar-refractivity contribution in [1.29, 1.82) is 0 Å². The van der Waals surface area contributed by atoms with Gasteiger partial charge in [-0.3, -0.25) is 4.79 Å². The van der Waals surface area contributed by atoms with Gasteiger partial charge in [-0.25, -0.2) is 4.39 Å². The maximum Gasteiger partial charge on any atom is 0.224 e. The predicted octanol–water partition coefficient (Wildman–Crippen LogP) is 4.62. The number of anilines is 1. The van der Waals surface area contributed by atoms with E-state index >= 15 is 0 Å². The summed E-state index contributed by atoms with van der Waals surface area (Å²) in [5.74, 6) is 0.303. The van der Waals surface area contributed by atoms with Crippen molar-refractivity contribution >= 4 is 11.6 Å². The van der Waals surface area contributed by atoms with Gasteiger partial charge in [-0.1, -0.05) is 26.0 Å². The Kier molecular flexibility index (Phi) is 5.74. The number of carbonyl (C=O) groups is 1. The van der Waals surface area contributed by atoms with Crippen molar-refractivity contribution in [3.05, 3.63) is 58.9 Å². The van der Waals surface area contributed by atoms with Crippen molar-refractivity contribution < 1.29 is 13.9 Å². The van der Waals surface area contributed by atoms with Crippen LogP contribution in [0, 0.1) is 12.7 Å². The third-order valence-electron chi connectivity index (χ3n) is 3.69. The van der Waals surface area contributed by atoms with Crippen molar-refractivity contribution in [1.82, 2.24) is 0 Å². The summed E-state index contributed by atoms with van der Waals surface area (Å²) >= 11 is 0. The molecule has 0 aliphatic carbocycles. The zero-order valence-electron chi connectivity index (χ0n) is 13.8. The average Bonchev–Trinajstić information content (AvgIpc) is 2.55. The molecule has 0 atom stereocenters. The summed E-state index contributed by atoms with van der Waals surface area (Å²) in [7, 11) is 0. The molecule has 0 saturated carbocycles. The molecular formula is C19H22FNO2. The minimum atomic E-state index is -0.351. The number of hydrogen-bond acceptors (Lipinski definition) is 2. The first-order valence-electron chi connectivity index (χ1n) is 7.84. The van der Waals surface area contributed by atoms with Crippen LogP contribution in [0.3, 0.4) is 0 Å². The molecule has 2 aromatic rings. The van der Waals surface area contributed by atoms with Crippen LogP contribution >= 0.6 is 0 Å². The van der Waals surface area contributed by atoms with Gasteiger partial charge in [0.05, 0.1) is 0 Å². The van der Waals surface area contributed by atoms with E-state index < -0.39 is 0 Å². The summed E-state index contributed by atoms with van der Waals surface area (Å²) in [4.78, 5) is 11.6. The molecule has 1 N–H and O–H groups in total. The van der Waals surface area contributed by atoms with Crippen LogP contribution in [0.2, 0.25) is 0 Å². The Hall–Kier alpha value is -2.36. The van der Waals surface area contributed by atoms with Crippen LogP contribution in [-0.2, 0) is 17.8 Å². The van der Waals surface area contributed by atoms with Gasteiger partial charge in [-0.05, 0) is 48.7 Å². The molecule has 0 radical (unpaired) electrons. The molecule has 0 unspecified atom stereocenters. The first-order chi connectivity index (χ1) is 11.0. The van der Waals surface area contributed by atoms with Gasteiger partial charge in [-0.15, -0.1) is 0 Å². The zero-order valence-corrected chi connectivity index (χ0v) is 13.8. The lowest BCUT2D eigenvalue weighted by Gasteiger charge is -2.14. The molecule has 0 fully saturated rings. The SMILES string of the molecule is CCC(=O)Nc1ccc(F)cc1COc1ccc(CC)cc1C. The van der Waals surface area contributed by atoms with Crippen LogP contribution in [0.1, 0.15) is 37.0 Å². The van der Waals surface area contributed by atoms with Gasteiger partial charge in [0.25, 0.3) is 0 Å². The third-order valence-corrected chi connectivity index (χ3v) is 3.69. The normalized spacial score (nSPS) is 10.4. The quantitative estimate of drug-likeness (QED) is 0.844. The van der Waals surface area contributed by atoms with Gasteiger partial charge in [0.1, 0.15) is 18.2 Å². The molecule has 0 aromatic heterocycles. The zero-order chi connectivity index (χ0) is 16.8. The Morgan fingerprint density at radius 3 is 2.61 bits per heavy atom. The van der Waals surface area contributed by atoms with Crippen LogP contribution < -0.4 is 10.1 Å². The minimum Gasteiger partial charge on any atom is -0.489 e. The smallest absolute Gasteiger partial charge is 0.224 e. The first-order valence-corrected chi connectivity index (χ1v) is 7.84. The fourth-order valence-corrected chi connectivity index (χ4v) is 2.29. The highest BCUT2D eigenvalue weighted by Gasteiger charge is 2.09. The van der Waals surface area contributed by atoms with E-state index in [4.69, 9.17) is 4.74 Å². The van der Waals surface area contributed by atoms with Gasteiger partial charge < -0.3 is 10.1 Å². The van der Waals surface area contributed by atoms with Gasteiger partial charge >= 0.3 is 0 Å². The average molecular weight is 315 g/mol. The van der Waals surface area contributed by atoms with E-state index in [0.29, 0.717) is 17.7 Å². The second-order valence-corrected chi connectivity index (χ2v) is 5.45. The monoisotopic (exact) mass is 315 g/mol. The molecule has 23 heavy (non-hydrogen) atoms. The van der Waals surface area contributed by atoms with E-state index in [-0.39, 0.29) is 18.3 Å². The van der Waals surface area contributed by atoms with E-state index in [1.54, 1.807) is 13.0 Å². The van der Waals surface area contributed by atoms with E-state index in [1.165, 1.54) is 17.7 Å². The largest absolute Gasteiger partial charge is 0.489 e. The lowest BCUT2D eigenvalue weighted by atomic mass is 10.1. The van der Waals surface area contributed by atoms with Crippen LogP contribution in [0.15, 0.2) is 36.4 Å². The second-order valence-electron chi connectivity index (χ2n) is 5.45. The molecule has 3 nitrogen and oxygen atoms in total. The second kappa shape index (κ2) is 7.77. The van der Waals surface area contributed by atoms with Crippen molar-refractivity contribution in [2.75, 3.05) is 5.32 Å². The standard InChI is InChI=1S/C19H22FNO2/c1-4-14-6-9-18(13(3)10-14)23-12-15-11-16(20)7-8-17(15)21-19(22)5-2/h6-11H,4-5,12H2,1-3H3,(H,21,22). The molecule has 2 aromatic carbocycles. The molecule has 0 heterocycles.